The van der Waals surface area contributed by atoms with Crippen LogP contribution in [-0.4, -0.2) is 29.0 Å². The molecule has 1 heterocycles. The topological polar surface area (TPSA) is 76.7 Å². The van der Waals surface area contributed by atoms with Crippen LogP contribution in [0.4, 0.5) is 17.6 Å². The number of nitrogens with zero attached hydrogens (tertiary/aromatic N) is 4. The summed E-state index contributed by atoms with van der Waals surface area (Å²) in [6.45, 7) is 0. The van der Waals surface area contributed by atoms with Gasteiger partial charge in [-0.15, -0.1) is 4.98 Å². The molecule has 0 unspecified atom stereocenters. The summed E-state index contributed by atoms with van der Waals surface area (Å²) in [7, 11) is 3.55. The van der Waals surface area contributed by atoms with Crippen molar-refractivity contribution in [2.75, 3.05) is 19.4 Å². The predicted molar refractivity (Wildman–Crippen MR) is 66.2 cm³/mol. The van der Waals surface area contributed by atoms with Crippen molar-refractivity contribution < 1.29 is 0 Å². The van der Waals surface area contributed by atoms with Crippen LogP contribution in [0.5, 0.6) is 0 Å². The highest BCUT2D eigenvalue weighted by Gasteiger charge is 2.18. The summed E-state index contributed by atoms with van der Waals surface area (Å²) in [6.07, 6.45) is 2.54. The van der Waals surface area contributed by atoms with Crippen molar-refractivity contribution in [3.05, 3.63) is 36.7 Å². The van der Waals surface area contributed by atoms with Crippen LogP contribution in [0.2, 0.25) is 0 Å². The molecule has 87 valence electrons. The number of hydrogen-bond donors (Lipinski definition) is 2. The van der Waals surface area contributed by atoms with E-state index in [9.17, 15) is 0 Å². The van der Waals surface area contributed by atoms with E-state index in [1.807, 2.05) is 30.3 Å². The number of quaternary nitrogens is 1. The second-order valence-electron chi connectivity index (χ2n) is 4.09. The molecule has 2 rings (SSSR count). The van der Waals surface area contributed by atoms with E-state index in [0.717, 1.165) is 5.69 Å². The van der Waals surface area contributed by atoms with Crippen molar-refractivity contribution in [1.82, 2.24) is 19.5 Å². The first-order valence-corrected chi connectivity index (χ1v) is 5.13. The molecule has 6 nitrogen and oxygen atoms in total. The highest BCUT2D eigenvalue weighted by Crippen LogP contribution is 2.13. The van der Waals surface area contributed by atoms with Crippen molar-refractivity contribution in [1.29, 1.82) is 0 Å². The molecule has 0 aliphatic heterocycles. The lowest BCUT2D eigenvalue weighted by atomic mass is 10.3. The number of anilines is 2. The average Bonchev–Trinajstić information content (AvgIpc) is 2.29. The Kier molecular flexibility index (Phi) is 2.99. The third-order valence-corrected chi connectivity index (χ3v) is 2.06. The van der Waals surface area contributed by atoms with Gasteiger partial charge in [0.1, 0.15) is 0 Å². The first kappa shape index (κ1) is 11.4. The fourth-order valence-electron chi connectivity index (χ4n) is 1.23. The number of aromatic nitrogens is 3. The summed E-state index contributed by atoms with van der Waals surface area (Å²) < 4.78 is 0.0302. The normalized spacial score (nSPS) is 11.2. The molecule has 0 aliphatic carbocycles. The minimum atomic E-state index is 0.0302. The minimum Gasteiger partial charge on any atom is -0.324 e. The van der Waals surface area contributed by atoms with Crippen molar-refractivity contribution in [2.45, 2.75) is 0 Å². The molecule has 0 atom stereocenters. The molecular formula is C11H14N6+. The van der Waals surface area contributed by atoms with E-state index in [2.05, 4.69) is 26.6 Å². The largest absolute Gasteiger partial charge is 0.353 e. The third-order valence-electron chi connectivity index (χ3n) is 2.06. The van der Waals surface area contributed by atoms with E-state index >= 15 is 0 Å². The molecular weight excluding hydrogens is 216 g/mol. The molecule has 0 fully saturated rings. The summed E-state index contributed by atoms with van der Waals surface area (Å²) in [6, 6.07) is 9.64. The second kappa shape index (κ2) is 4.44. The van der Waals surface area contributed by atoms with E-state index in [1.165, 1.54) is 0 Å². The van der Waals surface area contributed by atoms with Gasteiger partial charge in [0.05, 0.1) is 14.1 Å². The van der Waals surface area contributed by atoms with Crippen LogP contribution in [0.3, 0.4) is 0 Å². The van der Waals surface area contributed by atoms with E-state index in [0.29, 0.717) is 11.9 Å². The number of rotatable bonds is 3. The lowest BCUT2D eigenvalue weighted by Gasteiger charge is -2.18. The van der Waals surface area contributed by atoms with E-state index in [-0.39, 0.29) is 4.59 Å². The third kappa shape index (κ3) is 2.96. The Morgan fingerprint density at radius 3 is 2.53 bits per heavy atom. The smallest absolute Gasteiger partial charge is 0.324 e. The number of para-hydroxylation sites is 1. The quantitative estimate of drug-likeness (QED) is 0.464. The first-order valence-electron chi connectivity index (χ1n) is 5.13. The summed E-state index contributed by atoms with van der Waals surface area (Å²) >= 11 is 0. The maximum atomic E-state index is 5.86. The molecule has 0 spiro atoms. The lowest BCUT2D eigenvalue weighted by Crippen LogP contribution is -2.49. The van der Waals surface area contributed by atoms with Gasteiger partial charge in [-0.1, -0.05) is 18.2 Å². The predicted octanol–water partition coefficient (Wildman–Crippen LogP) is 0.856. The van der Waals surface area contributed by atoms with Crippen molar-refractivity contribution in [2.24, 2.45) is 5.84 Å². The highest BCUT2D eigenvalue weighted by molar-refractivity contribution is 5.52. The minimum absolute atomic E-state index is 0.0302. The molecule has 0 saturated heterocycles. The summed E-state index contributed by atoms with van der Waals surface area (Å²) in [5.41, 5.74) is 0.903. The fraction of sp³-hybridized carbons (Fsp3) is 0.182. The Morgan fingerprint density at radius 2 is 1.88 bits per heavy atom. The molecule has 1 aromatic heterocycles. The van der Waals surface area contributed by atoms with Crippen molar-refractivity contribution >= 4 is 17.6 Å². The van der Waals surface area contributed by atoms with Gasteiger partial charge in [0.15, 0.2) is 0 Å². The first-order chi connectivity index (χ1) is 8.05. The van der Waals surface area contributed by atoms with Gasteiger partial charge in [0, 0.05) is 5.69 Å². The standard InChI is InChI=1S/C11H14N6/c1-17(2,12)11-14-8-13-10(16-11)15-9-6-4-3-5-7-9/h3-7H,12H2,1-2H3,(H,13,14,15,16)/q+1. The zero-order valence-electron chi connectivity index (χ0n) is 9.75. The van der Waals surface area contributed by atoms with E-state index < -0.39 is 0 Å². The Balaban J connectivity index is 2.23. The van der Waals surface area contributed by atoms with Crippen LogP contribution >= 0.6 is 0 Å². The molecule has 3 N–H and O–H groups in total. The van der Waals surface area contributed by atoms with Crippen molar-refractivity contribution in [3.63, 3.8) is 0 Å². The Morgan fingerprint density at radius 1 is 1.18 bits per heavy atom. The zero-order valence-corrected chi connectivity index (χ0v) is 9.75. The molecule has 1 radical (unpaired) electrons. The SMILES string of the molecule is C[N+](C)(N)c1n[c]nc(Nc2ccccc2)n1. The van der Waals surface area contributed by atoms with Crippen LogP contribution < -0.4 is 15.8 Å². The van der Waals surface area contributed by atoms with Gasteiger partial charge in [-0.25, -0.2) is 0 Å². The van der Waals surface area contributed by atoms with Crippen LogP contribution in [0.1, 0.15) is 0 Å². The fourth-order valence-corrected chi connectivity index (χ4v) is 1.23. The van der Waals surface area contributed by atoms with Crippen LogP contribution in [0, 0.1) is 6.33 Å². The van der Waals surface area contributed by atoms with Gasteiger partial charge in [-0.3, -0.25) is 0 Å². The van der Waals surface area contributed by atoms with Gasteiger partial charge >= 0.3 is 5.95 Å². The number of nitrogens with two attached hydrogens (primary N) is 1. The summed E-state index contributed by atoms with van der Waals surface area (Å²) in [4.78, 5) is 12.1. The zero-order chi connectivity index (χ0) is 12.3. The van der Waals surface area contributed by atoms with Crippen molar-refractivity contribution in [3.8, 4) is 0 Å². The summed E-state index contributed by atoms with van der Waals surface area (Å²) in [5.74, 6) is 6.73. The maximum Gasteiger partial charge on any atom is 0.353 e. The Hall–Kier alpha value is -2.05. The van der Waals surface area contributed by atoms with Gasteiger partial charge in [0.25, 0.3) is 0 Å². The molecule has 0 amide bonds. The van der Waals surface area contributed by atoms with Crippen LogP contribution in [0.15, 0.2) is 30.3 Å². The number of nitrogens with one attached hydrogen (secondary N) is 1. The highest BCUT2D eigenvalue weighted by atomic mass is 15.6. The molecule has 0 aliphatic rings. The van der Waals surface area contributed by atoms with Crippen LogP contribution in [-0.2, 0) is 0 Å². The molecule has 2 aromatic rings. The maximum absolute atomic E-state index is 5.86. The van der Waals surface area contributed by atoms with E-state index in [4.69, 9.17) is 5.84 Å². The summed E-state index contributed by atoms with van der Waals surface area (Å²) in [5, 5.41) is 3.06. The van der Waals surface area contributed by atoms with Gasteiger partial charge in [-0.05, 0) is 12.1 Å². The molecule has 17 heavy (non-hydrogen) atoms. The number of benzene rings is 1. The molecule has 6 heteroatoms. The molecule has 1 aromatic carbocycles. The Bertz CT molecular complexity index is 491. The Labute approximate surface area is 99.7 Å². The van der Waals surface area contributed by atoms with Gasteiger partial charge in [-0.2, -0.15) is 20.4 Å². The van der Waals surface area contributed by atoms with Crippen LogP contribution in [0.25, 0.3) is 0 Å². The van der Waals surface area contributed by atoms with E-state index in [1.54, 1.807) is 14.1 Å². The molecule has 0 bridgehead atoms. The monoisotopic (exact) mass is 230 g/mol. The second-order valence-corrected chi connectivity index (χ2v) is 4.09. The van der Waals surface area contributed by atoms with Gasteiger partial charge < -0.3 is 5.32 Å². The molecule has 0 saturated carbocycles. The number of hydrogen-bond acceptors (Lipinski definition) is 5. The average molecular weight is 230 g/mol. The van der Waals surface area contributed by atoms with Gasteiger partial charge in [0.2, 0.25) is 12.3 Å². The lowest BCUT2D eigenvalue weighted by molar-refractivity contribution is 0.395.